The van der Waals surface area contributed by atoms with E-state index in [1.807, 2.05) is 10.6 Å². The van der Waals surface area contributed by atoms with E-state index in [0.29, 0.717) is 0 Å². The van der Waals surface area contributed by atoms with Crippen LogP contribution >= 0.6 is 0 Å². The van der Waals surface area contributed by atoms with Crippen LogP contribution in [0.25, 0.3) is 0 Å². The van der Waals surface area contributed by atoms with E-state index in [2.05, 4.69) is 0 Å². The molecule has 33 heavy (non-hydrogen) atoms. The summed E-state index contributed by atoms with van der Waals surface area (Å²) in [4.78, 5) is 63.7. The zero-order valence-corrected chi connectivity index (χ0v) is 21.0. The summed E-state index contributed by atoms with van der Waals surface area (Å²) in [6.45, 7) is 3.40. The number of nitrogens with one attached hydrogen (secondary N) is 2. The summed E-state index contributed by atoms with van der Waals surface area (Å²) in [6, 6.07) is 0. The Morgan fingerprint density at radius 2 is 0.939 bits per heavy atom. The quantitative estimate of drug-likeness (QED) is 0.107. The molecule has 2 amide bonds. The number of ketones is 2. The molecule has 14 nitrogen and oxygen atoms in total. The van der Waals surface area contributed by atoms with E-state index in [9.17, 15) is 49.2 Å². The average Bonchev–Trinajstić information content (AvgIpc) is 2.73. The minimum atomic E-state index is -1.91. The van der Waals surface area contributed by atoms with Crippen LogP contribution in [0.3, 0.4) is 0 Å². The van der Waals surface area contributed by atoms with Gasteiger partial charge in [-0.3, -0.25) is 19.2 Å². The first-order valence-electron chi connectivity index (χ1n) is 9.06. The Morgan fingerprint density at radius 1 is 0.697 bits per heavy atom. The largest absolute Gasteiger partial charge is 2.00 e. The number of carbonyl (C=O) groups is 6. The molecule has 0 saturated heterocycles. The number of hydrogen-bond acceptors (Lipinski definition) is 12. The second-order valence-electron chi connectivity index (χ2n) is 7.96. The first kappa shape index (κ1) is 35.9. The summed E-state index contributed by atoms with van der Waals surface area (Å²) in [5, 5.41) is 60.5. The molecule has 0 bridgehead atoms. The molecule has 184 valence electrons. The second kappa shape index (κ2) is 16.0. The molecule has 0 saturated carbocycles. The van der Waals surface area contributed by atoms with Crippen molar-refractivity contribution in [1.29, 1.82) is 0 Å². The van der Waals surface area contributed by atoms with Crippen molar-refractivity contribution >= 4 is 73.1 Å². The molecule has 0 rings (SSSR count). The van der Waals surface area contributed by atoms with Gasteiger partial charge in [0.2, 0.25) is 11.8 Å². The van der Waals surface area contributed by atoms with Crippen LogP contribution in [-0.4, -0.2) is 132 Å². The molecule has 0 aromatic rings. The predicted octanol–water partition coefficient (Wildman–Crippen LogP) is -6.78. The molecule has 2 atom stereocenters. The first-order chi connectivity index (χ1) is 14.4. The number of aliphatic hydroxyl groups excluding tert-OH is 4. The smallest absolute Gasteiger partial charge is 0.542 e. The van der Waals surface area contributed by atoms with Crippen molar-refractivity contribution in [3.8, 4) is 0 Å². The van der Waals surface area contributed by atoms with Gasteiger partial charge in [0.1, 0.15) is 24.1 Å². The average molecular weight is 505 g/mol. The Hall–Kier alpha value is -1.68. The minimum Gasteiger partial charge on any atom is -0.542 e. The molecule has 0 radical (unpaired) electrons. The first-order valence-corrected chi connectivity index (χ1v) is 9.06. The fraction of sp³-hybridized carbons (Fsp3) is 0.667. The standard InChI is InChI=1S/2C9H15NO6.Ca/c2*1-9(2,4-11)6(13)7(14)10-3-5(12)8(15)16;/h2*6,11,13H,3-4H2,1-2H3,(H,10,14)(H,15,16);/q;;+2/p-2/t2*6-;/m00./s1. The van der Waals surface area contributed by atoms with E-state index in [0.717, 1.165) is 0 Å². The number of carboxylic acids is 2. The fourth-order valence-corrected chi connectivity index (χ4v) is 1.56. The van der Waals surface area contributed by atoms with Gasteiger partial charge >= 0.3 is 37.7 Å². The van der Waals surface area contributed by atoms with Crippen molar-refractivity contribution in [3.05, 3.63) is 0 Å². The number of Topliss-reactive ketones (excluding diaryl/α,β-unsaturated/α-hetero) is 2. The number of rotatable bonds is 12. The van der Waals surface area contributed by atoms with Crippen molar-refractivity contribution in [3.63, 3.8) is 0 Å². The van der Waals surface area contributed by atoms with Crippen LogP contribution < -0.4 is 20.8 Å². The number of aliphatic hydroxyl groups is 4. The summed E-state index contributed by atoms with van der Waals surface area (Å²) >= 11 is 0. The van der Waals surface area contributed by atoms with Gasteiger partial charge in [-0.2, -0.15) is 0 Å². The van der Waals surface area contributed by atoms with Gasteiger partial charge in [-0.1, -0.05) is 27.7 Å². The third kappa shape index (κ3) is 13.6. The Balaban J connectivity index is -0.000000529. The fourth-order valence-electron chi connectivity index (χ4n) is 1.56. The SMILES string of the molecule is CC(C)(CO)[C@@H](O)C(=O)NCC(=O)C(=O)[O-].CC(C)(CO)[C@@H](O)C(=O)NCC(=O)C(=O)[O-].[Ca+2]. The molecular weight excluding hydrogens is 476 g/mol. The predicted molar refractivity (Wildman–Crippen MR) is 106 cm³/mol. The molecule has 0 aliphatic rings. The monoisotopic (exact) mass is 504 g/mol. The molecule has 0 aromatic heterocycles. The molecule has 15 heteroatoms. The van der Waals surface area contributed by atoms with Crippen LogP contribution in [0.15, 0.2) is 0 Å². The molecule has 0 spiro atoms. The molecule has 0 unspecified atom stereocenters. The Kier molecular flexibility index (Phi) is 17.4. The Morgan fingerprint density at radius 3 is 1.12 bits per heavy atom. The number of carbonyl (C=O) groups excluding carboxylic acids is 6. The Labute approximate surface area is 219 Å². The van der Waals surface area contributed by atoms with Gasteiger partial charge in [-0.25, -0.2) is 0 Å². The zero-order valence-electron chi connectivity index (χ0n) is 18.7. The molecule has 6 N–H and O–H groups in total. The second-order valence-corrected chi connectivity index (χ2v) is 7.96. The van der Waals surface area contributed by atoms with Crippen LogP contribution in [0.2, 0.25) is 0 Å². The van der Waals surface area contributed by atoms with E-state index in [1.165, 1.54) is 27.7 Å². The molecule has 0 aromatic carbocycles. The normalized spacial score (nSPS) is 12.6. The van der Waals surface area contributed by atoms with Crippen LogP contribution in [0.4, 0.5) is 0 Å². The summed E-state index contributed by atoms with van der Waals surface area (Å²) < 4.78 is 0. The van der Waals surface area contributed by atoms with Gasteiger partial charge in [0.15, 0.2) is 11.6 Å². The third-order valence-corrected chi connectivity index (χ3v) is 4.09. The number of carboxylic acid groups (broad SMARTS) is 2. The van der Waals surface area contributed by atoms with Gasteiger partial charge < -0.3 is 50.9 Å². The summed E-state index contributed by atoms with van der Waals surface area (Å²) in [5.74, 6) is -8.24. The van der Waals surface area contributed by atoms with E-state index in [4.69, 9.17) is 10.2 Å². The van der Waals surface area contributed by atoms with E-state index >= 15 is 0 Å². The maximum Gasteiger partial charge on any atom is 2.00 e. The van der Waals surface area contributed by atoms with Gasteiger partial charge in [0.05, 0.1) is 26.3 Å². The van der Waals surface area contributed by atoms with E-state index < -0.39 is 84.7 Å². The van der Waals surface area contributed by atoms with Gasteiger partial charge in [0, 0.05) is 10.8 Å². The van der Waals surface area contributed by atoms with Crippen LogP contribution in [0.5, 0.6) is 0 Å². The van der Waals surface area contributed by atoms with Crippen LogP contribution in [0, 0.1) is 10.8 Å². The van der Waals surface area contributed by atoms with Crippen LogP contribution in [-0.2, 0) is 28.8 Å². The van der Waals surface area contributed by atoms with E-state index in [-0.39, 0.29) is 37.7 Å². The zero-order chi connectivity index (χ0) is 25.9. The Bertz CT molecular complexity index is 663. The molecule has 0 heterocycles. The van der Waals surface area contributed by atoms with Crippen molar-refractivity contribution in [2.24, 2.45) is 10.8 Å². The maximum absolute atomic E-state index is 11.2. The van der Waals surface area contributed by atoms with Gasteiger partial charge in [0.25, 0.3) is 0 Å². The summed E-state index contributed by atoms with van der Waals surface area (Å²) in [7, 11) is 0. The van der Waals surface area contributed by atoms with Gasteiger partial charge in [-0.15, -0.1) is 0 Å². The molecule has 0 aliphatic carbocycles. The number of amides is 2. The van der Waals surface area contributed by atoms with Crippen molar-refractivity contribution in [1.82, 2.24) is 10.6 Å². The van der Waals surface area contributed by atoms with Crippen molar-refractivity contribution in [2.75, 3.05) is 26.3 Å². The van der Waals surface area contributed by atoms with Crippen molar-refractivity contribution < 1.29 is 59.4 Å². The summed E-state index contributed by atoms with van der Waals surface area (Å²) in [6.07, 6.45) is -3.07. The molecule has 0 aliphatic heterocycles. The minimum absolute atomic E-state index is 0. The van der Waals surface area contributed by atoms with E-state index in [1.54, 1.807) is 0 Å². The number of aliphatic carboxylic acids is 2. The van der Waals surface area contributed by atoms with Gasteiger partial charge in [-0.05, 0) is 0 Å². The summed E-state index contributed by atoms with van der Waals surface area (Å²) in [5.41, 5.74) is -2.15. The third-order valence-electron chi connectivity index (χ3n) is 4.09. The van der Waals surface area contributed by atoms with Crippen molar-refractivity contribution in [2.45, 2.75) is 39.9 Å². The topological polar surface area (TPSA) is 254 Å². The molecular formula is C18H28CaN2O12. The maximum atomic E-state index is 11.2. The molecule has 0 fully saturated rings. The van der Waals surface area contributed by atoms with Crippen LogP contribution in [0.1, 0.15) is 27.7 Å². The number of hydrogen-bond donors (Lipinski definition) is 6.